The summed E-state index contributed by atoms with van der Waals surface area (Å²) in [5, 5.41) is 0. The Labute approximate surface area is 182 Å². The zero-order chi connectivity index (χ0) is 23.1. The second-order valence-electron chi connectivity index (χ2n) is 8.69. The van der Waals surface area contributed by atoms with Crippen molar-refractivity contribution in [2.24, 2.45) is 11.7 Å². The number of likely N-dealkylation sites (tertiary alicyclic amines) is 1. The molecule has 1 aromatic heterocycles. The summed E-state index contributed by atoms with van der Waals surface area (Å²) in [6.07, 6.45) is 4.41. The van der Waals surface area contributed by atoms with Crippen LogP contribution in [0.5, 0.6) is 0 Å². The number of nitrogens with zero attached hydrogens (tertiary/aromatic N) is 3. The van der Waals surface area contributed by atoms with Gasteiger partial charge in [0, 0.05) is 25.6 Å². The summed E-state index contributed by atoms with van der Waals surface area (Å²) >= 11 is 0. The van der Waals surface area contributed by atoms with Gasteiger partial charge in [0.2, 0.25) is 11.8 Å². The van der Waals surface area contributed by atoms with Gasteiger partial charge in [0.05, 0.1) is 6.54 Å². The average molecular weight is 437 g/mol. The van der Waals surface area contributed by atoms with Crippen LogP contribution >= 0.6 is 0 Å². The predicted molar refractivity (Wildman–Crippen MR) is 121 cm³/mol. The number of rotatable bonds is 10. The molecule has 10 heteroatoms. The van der Waals surface area contributed by atoms with Crippen LogP contribution in [0.1, 0.15) is 59.3 Å². The van der Waals surface area contributed by atoms with E-state index in [9.17, 15) is 19.2 Å². The van der Waals surface area contributed by atoms with Gasteiger partial charge < -0.3 is 16.4 Å². The van der Waals surface area contributed by atoms with Gasteiger partial charge in [-0.1, -0.05) is 33.6 Å². The zero-order valence-corrected chi connectivity index (χ0v) is 18.9. The number of primary amides is 1. The molecule has 0 bridgehead atoms. The van der Waals surface area contributed by atoms with Gasteiger partial charge in [-0.05, 0) is 31.7 Å². The molecule has 1 aliphatic heterocycles. The third-order valence-corrected chi connectivity index (χ3v) is 5.59. The van der Waals surface area contributed by atoms with E-state index in [0.717, 1.165) is 25.7 Å². The number of nitrogens with two attached hydrogens (primary N) is 2. The highest BCUT2D eigenvalue weighted by molar-refractivity contribution is 5.96. The third-order valence-electron chi connectivity index (χ3n) is 5.59. The molecule has 0 radical (unpaired) electrons. The Morgan fingerprint density at radius 3 is 2.58 bits per heavy atom. The molecule has 2 rings (SSSR count). The summed E-state index contributed by atoms with van der Waals surface area (Å²) in [7, 11) is 0. The molecule has 1 fully saturated rings. The number of nitrogens with one attached hydrogen (secondary N) is 1. The molecule has 5 N–H and O–H groups in total. The SMILES string of the molecule is CCCCN(C(=O)CN1CCCCC1CC(N)=O)c1c(N)n(CC(C)C)c(=O)[nH]c1=O. The molecule has 0 aliphatic carbocycles. The molecule has 174 valence electrons. The van der Waals surface area contributed by atoms with Crippen molar-refractivity contribution in [2.45, 2.75) is 71.9 Å². The Morgan fingerprint density at radius 1 is 1.26 bits per heavy atom. The topological polar surface area (TPSA) is 148 Å². The number of H-pyrrole nitrogens is 1. The maximum atomic E-state index is 13.3. The second kappa shape index (κ2) is 11.1. The number of nitrogen functional groups attached to an aromatic ring is 1. The molecular weight excluding hydrogens is 400 g/mol. The monoisotopic (exact) mass is 436 g/mol. The van der Waals surface area contributed by atoms with Crippen LogP contribution in [0, 0.1) is 5.92 Å². The lowest BCUT2D eigenvalue weighted by atomic mass is 9.99. The van der Waals surface area contributed by atoms with E-state index in [-0.39, 0.29) is 42.3 Å². The molecule has 10 nitrogen and oxygen atoms in total. The lowest BCUT2D eigenvalue weighted by Gasteiger charge is -2.36. The normalized spacial score (nSPS) is 17.1. The average Bonchev–Trinajstić information content (AvgIpc) is 2.68. The molecule has 1 aliphatic rings. The molecule has 1 aromatic rings. The van der Waals surface area contributed by atoms with Gasteiger partial charge in [-0.3, -0.25) is 28.8 Å². The Kier molecular flexibility index (Phi) is 8.85. The number of amides is 2. The molecule has 2 heterocycles. The van der Waals surface area contributed by atoms with Gasteiger partial charge in [0.15, 0.2) is 5.69 Å². The number of anilines is 2. The molecular formula is C21H36N6O4. The molecule has 0 spiro atoms. The number of aromatic nitrogens is 2. The summed E-state index contributed by atoms with van der Waals surface area (Å²) < 4.78 is 1.31. The molecule has 1 saturated heterocycles. The van der Waals surface area contributed by atoms with E-state index < -0.39 is 17.2 Å². The lowest BCUT2D eigenvalue weighted by molar-refractivity contribution is -0.123. The van der Waals surface area contributed by atoms with Gasteiger partial charge in [0.25, 0.3) is 5.56 Å². The fraction of sp³-hybridized carbons (Fsp3) is 0.714. The third kappa shape index (κ3) is 6.43. The largest absolute Gasteiger partial charge is 0.383 e. The van der Waals surface area contributed by atoms with E-state index in [2.05, 4.69) is 4.98 Å². The molecule has 31 heavy (non-hydrogen) atoms. The van der Waals surface area contributed by atoms with Crippen LogP contribution < -0.4 is 27.6 Å². The van der Waals surface area contributed by atoms with Crippen LogP contribution in [0.4, 0.5) is 11.5 Å². The van der Waals surface area contributed by atoms with Crippen LogP contribution in [0.15, 0.2) is 9.59 Å². The first-order valence-electron chi connectivity index (χ1n) is 11.1. The zero-order valence-electron chi connectivity index (χ0n) is 18.9. The molecule has 0 saturated carbocycles. The van der Waals surface area contributed by atoms with Gasteiger partial charge >= 0.3 is 5.69 Å². The highest BCUT2D eigenvalue weighted by Gasteiger charge is 2.30. The van der Waals surface area contributed by atoms with Gasteiger partial charge in [0.1, 0.15) is 5.82 Å². The lowest BCUT2D eigenvalue weighted by Crippen LogP contribution is -2.50. The van der Waals surface area contributed by atoms with Crippen molar-refractivity contribution in [3.05, 3.63) is 20.8 Å². The Balaban J connectivity index is 2.39. The van der Waals surface area contributed by atoms with Crippen LogP contribution in [0.2, 0.25) is 0 Å². The van der Waals surface area contributed by atoms with Crippen molar-refractivity contribution in [2.75, 3.05) is 30.3 Å². The van der Waals surface area contributed by atoms with Gasteiger partial charge in [-0.25, -0.2) is 4.79 Å². The van der Waals surface area contributed by atoms with E-state index in [1.807, 2.05) is 25.7 Å². The first kappa shape index (κ1) is 24.6. The van der Waals surface area contributed by atoms with Gasteiger partial charge in [-0.2, -0.15) is 0 Å². The highest BCUT2D eigenvalue weighted by atomic mass is 16.2. The first-order valence-corrected chi connectivity index (χ1v) is 11.1. The quantitative estimate of drug-likeness (QED) is 0.490. The Hall–Kier alpha value is -2.62. The van der Waals surface area contributed by atoms with Crippen molar-refractivity contribution < 1.29 is 9.59 Å². The number of unbranched alkanes of at least 4 members (excludes halogenated alkanes) is 1. The van der Waals surface area contributed by atoms with E-state index in [0.29, 0.717) is 26.1 Å². The molecule has 1 atom stereocenters. The maximum Gasteiger partial charge on any atom is 0.330 e. The summed E-state index contributed by atoms with van der Waals surface area (Å²) in [4.78, 5) is 55.4. The van der Waals surface area contributed by atoms with E-state index >= 15 is 0 Å². The van der Waals surface area contributed by atoms with Crippen molar-refractivity contribution in [1.29, 1.82) is 0 Å². The minimum Gasteiger partial charge on any atom is -0.383 e. The van der Waals surface area contributed by atoms with Crippen molar-refractivity contribution in [3.8, 4) is 0 Å². The predicted octanol–water partition coefficient (Wildman–Crippen LogP) is 0.638. The standard InChI is InChI=1S/C21H36N6O4/c1-4-5-10-26(17(29)13-25-9-7-6-8-15(25)11-16(22)28)18-19(23)27(12-14(2)3)21(31)24-20(18)30/h14-15H,4-13,23H2,1-3H3,(H2,22,28)(H,24,30,31). The van der Waals surface area contributed by atoms with Crippen molar-refractivity contribution in [3.63, 3.8) is 0 Å². The Bertz CT molecular complexity index is 891. The minimum absolute atomic E-state index is 0.000710. The summed E-state index contributed by atoms with van der Waals surface area (Å²) in [5.41, 5.74) is 10.4. The van der Waals surface area contributed by atoms with Crippen LogP contribution in [0.3, 0.4) is 0 Å². The number of hydrogen-bond acceptors (Lipinski definition) is 6. The summed E-state index contributed by atoms with van der Waals surface area (Å²) in [5.74, 6) is -0.550. The maximum absolute atomic E-state index is 13.3. The number of aromatic amines is 1. The van der Waals surface area contributed by atoms with E-state index in [1.54, 1.807) is 0 Å². The van der Waals surface area contributed by atoms with E-state index in [1.165, 1.54) is 9.47 Å². The molecule has 0 aromatic carbocycles. The molecule has 1 unspecified atom stereocenters. The smallest absolute Gasteiger partial charge is 0.330 e. The van der Waals surface area contributed by atoms with Gasteiger partial charge in [-0.15, -0.1) is 0 Å². The molecule has 2 amide bonds. The van der Waals surface area contributed by atoms with Crippen molar-refractivity contribution in [1.82, 2.24) is 14.5 Å². The van der Waals surface area contributed by atoms with E-state index in [4.69, 9.17) is 11.5 Å². The first-order chi connectivity index (χ1) is 14.6. The summed E-state index contributed by atoms with van der Waals surface area (Å²) in [6.45, 7) is 7.25. The highest BCUT2D eigenvalue weighted by Crippen LogP contribution is 2.22. The fourth-order valence-electron chi connectivity index (χ4n) is 4.05. The van der Waals surface area contributed by atoms with Crippen LogP contribution in [-0.2, 0) is 16.1 Å². The minimum atomic E-state index is -0.667. The number of hydrogen-bond donors (Lipinski definition) is 3. The Morgan fingerprint density at radius 2 is 1.97 bits per heavy atom. The second-order valence-corrected chi connectivity index (χ2v) is 8.69. The number of carbonyl (C=O) groups excluding carboxylic acids is 2. The van der Waals surface area contributed by atoms with Crippen molar-refractivity contribution >= 4 is 23.3 Å². The van der Waals surface area contributed by atoms with Crippen LogP contribution in [0.25, 0.3) is 0 Å². The van der Waals surface area contributed by atoms with Crippen LogP contribution in [-0.4, -0.2) is 51.9 Å². The summed E-state index contributed by atoms with van der Waals surface area (Å²) in [6, 6.07) is -0.0891. The number of piperidine rings is 1. The number of carbonyl (C=O) groups is 2. The fourth-order valence-corrected chi connectivity index (χ4v) is 4.05.